The number of aliphatic carboxylic acids is 2. The molecule has 0 saturated carbocycles. The second-order valence-electron chi connectivity index (χ2n) is 7.09. The van der Waals surface area contributed by atoms with E-state index in [-0.39, 0.29) is 21.2 Å². The lowest BCUT2D eigenvalue weighted by Gasteiger charge is -2.23. The van der Waals surface area contributed by atoms with Gasteiger partial charge in [0.15, 0.2) is 0 Å². The smallest absolute Gasteiger partial charge is 0.327 e. The van der Waals surface area contributed by atoms with E-state index in [1.807, 2.05) is 0 Å². The van der Waals surface area contributed by atoms with Gasteiger partial charge in [0, 0.05) is 12.0 Å². The minimum atomic E-state index is -1.25. The highest BCUT2D eigenvalue weighted by Gasteiger charge is 2.46. The van der Waals surface area contributed by atoms with E-state index < -0.39 is 36.3 Å². The molecule has 32 heavy (non-hydrogen) atoms. The molecule has 0 radical (unpaired) electrons. The molecule has 2 aliphatic rings. The van der Waals surface area contributed by atoms with E-state index in [2.05, 4.69) is 0 Å². The molecule has 1 atom stereocenters. The number of carboxylic acid groups (broad SMARTS) is 2. The number of nitrogens with zero attached hydrogens (tertiary/aromatic N) is 2. The number of hydrogen-bond donors (Lipinski definition) is 2. The van der Waals surface area contributed by atoms with E-state index >= 15 is 0 Å². The number of para-hydroxylation sites is 1. The van der Waals surface area contributed by atoms with Crippen LogP contribution in [0.2, 0.25) is 0 Å². The van der Waals surface area contributed by atoms with Gasteiger partial charge < -0.3 is 10.2 Å². The normalized spacial score (nSPS) is 18.8. The predicted octanol–water partition coefficient (Wildman–Crippen LogP) is 2.39. The van der Waals surface area contributed by atoms with E-state index in [9.17, 15) is 29.4 Å². The van der Waals surface area contributed by atoms with Crippen molar-refractivity contribution in [1.29, 1.82) is 0 Å². The molecule has 2 aromatic carbocycles. The van der Waals surface area contributed by atoms with Crippen molar-refractivity contribution in [3.05, 3.63) is 70.6 Å². The summed E-state index contributed by atoms with van der Waals surface area (Å²) in [6.07, 6.45) is 0.0426. The summed E-state index contributed by atoms with van der Waals surface area (Å²) in [4.78, 5) is 51.8. The summed E-state index contributed by atoms with van der Waals surface area (Å²) in [6.45, 7) is -0.564. The average Bonchev–Trinajstić information content (AvgIpc) is 3.19. The van der Waals surface area contributed by atoms with Crippen molar-refractivity contribution in [2.45, 2.75) is 12.5 Å². The van der Waals surface area contributed by atoms with Crippen LogP contribution >= 0.6 is 24.0 Å². The zero-order valence-electron chi connectivity index (χ0n) is 16.4. The number of carbonyl (C=O) groups is 4. The Bertz CT molecular complexity index is 1190. The van der Waals surface area contributed by atoms with Gasteiger partial charge in [-0.1, -0.05) is 72.5 Å². The molecular weight excluding hydrogens is 452 g/mol. The van der Waals surface area contributed by atoms with Gasteiger partial charge in [-0.05, 0) is 11.6 Å². The third-order valence-electron chi connectivity index (χ3n) is 5.11. The topological polar surface area (TPSA) is 115 Å². The first-order valence-corrected chi connectivity index (χ1v) is 10.7. The van der Waals surface area contributed by atoms with E-state index in [0.29, 0.717) is 11.3 Å². The molecule has 0 unspecified atom stereocenters. The minimum absolute atomic E-state index is 0.000324. The standard InChI is InChI=1S/C22H16N2O6S2/c25-16(26)11-23-14-9-5-4-8-13(14)17(19(23)27)18-20(28)24(22(31)32-18)15(21(29)30)10-12-6-2-1-3-7-12/h1-9,15H,10-11H2,(H,25,26)(H,29,30)/b18-17-/t15-/m0/s1. The van der Waals surface area contributed by atoms with Crippen LogP contribution in [0.1, 0.15) is 11.1 Å². The molecule has 10 heteroatoms. The molecule has 2 amide bonds. The highest BCUT2D eigenvalue weighted by Crippen LogP contribution is 2.45. The first kappa shape index (κ1) is 21.7. The van der Waals surface area contributed by atoms with Crippen molar-refractivity contribution in [2.75, 3.05) is 11.4 Å². The van der Waals surface area contributed by atoms with Gasteiger partial charge in [-0.2, -0.15) is 0 Å². The molecule has 2 heterocycles. The lowest BCUT2D eigenvalue weighted by Crippen LogP contribution is -2.45. The Labute approximate surface area is 192 Å². The minimum Gasteiger partial charge on any atom is -0.480 e. The molecule has 2 aliphatic heterocycles. The maximum Gasteiger partial charge on any atom is 0.327 e. The van der Waals surface area contributed by atoms with Crippen LogP contribution in [0.3, 0.4) is 0 Å². The Morgan fingerprint density at radius 3 is 2.28 bits per heavy atom. The molecule has 0 bridgehead atoms. The van der Waals surface area contributed by atoms with Gasteiger partial charge in [-0.25, -0.2) is 4.79 Å². The Balaban J connectivity index is 1.75. The Kier molecular flexibility index (Phi) is 5.81. The van der Waals surface area contributed by atoms with Gasteiger partial charge >= 0.3 is 11.9 Å². The van der Waals surface area contributed by atoms with Crippen LogP contribution in [-0.2, 0) is 25.6 Å². The van der Waals surface area contributed by atoms with Crippen molar-refractivity contribution in [3.63, 3.8) is 0 Å². The van der Waals surface area contributed by atoms with Crippen LogP contribution in [0.25, 0.3) is 5.57 Å². The van der Waals surface area contributed by atoms with Crippen molar-refractivity contribution in [1.82, 2.24) is 4.90 Å². The monoisotopic (exact) mass is 468 g/mol. The molecule has 1 fully saturated rings. The highest BCUT2D eigenvalue weighted by molar-refractivity contribution is 8.26. The lowest BCUT2D eigenvalue weighted by atomic mass is 10.0. The fourth-order valence-electron chi connectivity index (χ4n) is 3.72. The molecule has 0 aromatic heterocycles. The number of thiocarbonyl (C=S) groups is 1. The Hall–Kier alpha value is -3.50. The largest absolute Gasteiger partial charge is 0.480 e. The van der Waals surface area contributed by atoms with E-state index in [1.54, 1.807) is 54.6 Å². The number of carbonyl (C=O) groups excluding carboxylic acids is 2. The molecule has 4 rings (SSSR count). The number of thioether (sulfide) groups is 1. The summed E-state index contributed by atoms with van der Waals surface area (Å²) < 4.78 is 0.0304. The number of amides is 2. The van der Waals surface area contributed by atoms with Crippen LogP contribution in [0.15, 0.2) is 59.5 Å². The summed E-state index contributed by atoms with van der Waals surface area (Å²) in [5.74, 6) is -3.74. The second kappa shape index (κ2) is 8.56. The fraction of sp³-hybridized carbons (Fsp3) is 0.136. The molecule has 2 aromatic rings. The predicted molar refractivity (Wildman–Crippen MR) is 122 cm³/mol. The zero-order chi connectivity index (χ0) is 23.0. The van der Waals surface area contributed by atoms with Crippen molar-refractivity contribution in [2.24, 2.45) is 0 Å². The average molecular weight is 469 g/mol. The third kappa shape index (κ3) is 3.78. The van der Waals surface area contributed by atoms with Crippen LogP contribution in [0.4, 0.5) is 5.69 Å². The van der Waals surface area contributed by atoms with Crippen molar-refractivity contribution in [3.8, 4) is 0 Å². The molecular formula is C22H16N2O6S2. The molecule has 162 valence electrons. The van der Waals surface area contributed by atoms with Crippen molar-refractivity contribution < 1.29 is 29.4 Å². The quantitative estimate of drug-likeness (QED) is 0.491. The van der Waals surface area contributed by atoms with E-state index in [0.717, 1.165) is 27.1 Å². The molecule has 2 N–H and O–H groups in total. The zero-order valence-corrected chi connectivity index (χ0v) is 18.1. The molecule has 1 saturated heterocycles. The van der Waals surface area contributed by atoms with Crippen LogP contribution in [0, 0.1) is 0 Å². The molecule has 0 spiro atoms. The van der Waals surface area contributed by atoms with Gasteiger partial charge in [-0.3, -0.25) is 24.2 Å². The van der Waals surface area contributed by atoms with E-state index in [4.69, 9.17) is 12.2 Å². The summed E-state index contributed by atoms with van der Waals surface area (Å²) in [5.41, 5.74) is 1.54. The van der Waals surface area contributed by atoms with Crippen LogP contribution in [0.5, 0.6) is 0 Å². The fourth-order valence-corrected chi connectivity index (χ4v) is 5.15. The SMILES string of the molecule is O=C(O)CN1C(=O)/C(=C2\SC(=S)N([C@@H](Cc3ccccc3)C(=O)O)C2=O)c2ccccc21. The van der Waals surface area contributed by atoms with Crippen LogP contribution < -0.4 is 4.90 Å². The lowest BCUT2D eigenvalue weighted by molar-refractivity contribution is -0.145. The van der Waals surface area contributed by atoms with Gasteiger partial charge in [0.05, 0.1) is 16.2 Å². The Morgan fingerprint density at radius 2 is 1.62 bits per heavy atom. The Morgan fingerprint density at radius 1 is 0.969 bits per heavy atom. The summed E-state index contributed by atoms with van der Waals surface area (Å²) in [5, 5.41) is 19.0. The summed E-state index contributed by atoms with van der Waals surface area (Å²) in [7, 11) is 0. The van der Waals surface area contributed by atoms with Gasteiger partial charge in [-0.15, -0.1) is 0 Å². The van der Waals surface area contributed by atoms with Crippen LogP contribution in [-0.4, -0.2) is 55.8 Å². The number of hydrogen-bond acceptors (Lipinski definition) is 6. The van der Waals surface area contributed by atoms with E-state index in [1.165, 1.54) is 0 Å². The number of carboxylic acids is 2. The highest BCUT2D eigenvalue weighted by atomic mass is 32.2. The molecule has 0 aliphatic carbocycles. The molecule has 8 nitrogen and oxygen atoms in total. The first-order valence-electron chi connectivity index (χ1n) is 9.49. The first-order chi connectivity index (χ1) is 15.3. The number of benzene rings is 2. The van der Waals surface area contributed by atoms with Gasteiger partial charge in [0.1, 0.15) is 16.9 Å². The van der Waals surface area contributed by atoms with Crippen molar-refractivity contribution >= 4 is 63.3 Å². The number of anilines is 1. The summed E-state index contributed by atoms with van der Waals surface area (Å²) in [6, 6.07) is 14.2. The third-order valence-corrected chi connectivity index (χ3v) is 6.51. The number of rotatable bonds is 6. The van der Waals surface area contributed by atoms with Gasteiger partial charge in [0.2, 0.25) is 0 Å². The maximum atomic E-state index is 13.3. The second-order valence-corrected chi connectivity index (χ2v) is 8.74. The van der Waals surface area contributed by atoms with Gasteiger partial charge in [0.25, 0.3) is 11.8 Å². The number of fused-ring (bicyclic) bond motifs is 1. The maximum absolute atomic E-state index is 13.3. The summed E-state index contributed by atoms with van der Waals surface area (Å²) >= 11 is 6.18.